The zero-order chi connectivity index (χ0) is 55.6. The van der Waals surface area contributed by atoms with Crippen LogP contribution in [0.25, 0.3) is 0 Å². The number of hydrogen-bond acceptors (Lipinski definition) is 5. The Bertz CT molecular complexity index is 1560. The van der Waals surface area contributed by atoms with Gasteiger partial charge in [0.1, 0.15) is 13.2 Å². The van der Waals surface area contributed by atoms with E-state index in [1.54, 1.807) is 6.08 Å². The van der Waals surface area contributed by atoms with Crippen LogP contribution < -0.4 is 5.32 Å². The monoisotopic (exact) mass is 1080 g/mol. The smallest absolute Gasteiger partial charge is 0.387 e. The molecule has 0 spiro atoms. The summed E-state index contributed by atoms with van der Waals surface area (Å²) in [6.07, 6.45) is 82.6. The topological polar surface area (TPSA) is 105 Å². The van der Waals surface area contributed by atoms with E-state index in [9.17, 15) is 19.4 Å². The first-order valence-corrected chi connectivity index (χ1v) is 33.1. The molecule has 0 aromatic carbocycles. The van der Waals surface area contributed by atoms with Crippen LogP contribution in [0.15, 0.2) is 97.2 Å². The third kappa shape index (κ3) is 59.1. The van der Waals surface area contributed by atoms with Crippen LogP contribution in [-0.4, -0.2) is 73.4 Å². The van der Waals surface area contributed by atoms with E-state index in [0.29, 0.717) is 17.4 Å². The van der Waals surface area contributed by atoms with Crippen molar-refractivity contribution < 1.29 is 32.9 Å². The van der Waals surface area contributed by atoms with Crippen molar-refractivity contribution in [3.8, 4) is 0 Å². The molecule has 0 aliphatic carbocycles. The van der Waals surface area contributed by atoms with Crippen molar-refractivity contribution in [1.29, 1.82) is 0 Å². The number of unbranched alkanes of at least 4 members (excludes halogenated alkanes) is 30. The van der Waals surface area contributed by atoms with E-state index >= 15 is 0 Å². The molecule has 440 valence electrons. The third-order valence-electron chi connectivity index (χ3n) is 13.8. The average molecular weight is 1080 g/mol. The van der Waals surface area contributed by atoms with Gasteiger partial charge in [0.05, 0.1) is 39.9 Å². The van der Waals surface area contributed by atoms with Crippen LogP contribution in [-0.2, 0) is 18.4 Å². The van der Waals surface area contributed by atoms with E-state index in [-0.39, 0.29) is 19.1 Å². The summed E-state index contributed by atoms with van der Waals surface area (Å²) in [6, 6.07) is -0.866. The summed E-state index contributed by atoms with van der Waals surface area (Å²) in [7, 11) is 1.55. The van der Waals surface area contributed by atoms with Crippen LogP contribution in [0.4, 0.5) is 0 Å². The predicted molar refractivity (Wildman–Crippen MR) is 332 cm³/mol. The fraction of sp³-hybridized carbons (Fsp3) is 0.746. The molecule has 0 aromatic heterocycles. The number of nitrogens with one attached hydrogen (secondary N) is 1. The van der Waals surface area contributed by atoms with Gasteiger partial charge < -0.3 is 19.8 Å². The van der Waals surface area contributed by atoms with Crippen molar-refractivity contribution in [2.45, 2.75) is 283 Å². The molecule has 0 radical (unpaired) electrons. The van der Waals surface area contributed by atoms with E-state index < -0.39 is 20.0 Å². The Morgan fingerprint density at radius 2 is 0.803 bits per heavy atom. The Hall–Kier alpha value is -2.58. The summed E-state index contributed by atoms with van der Waals surface area (Å²) in [5, 5.41) is 13.9. The highest BCUT2D eigenvalue weighted by Crippen LogP contribution is 2.43. The van der Waals surface area contributed by atoms with Crippen LogP contribution in [0.1, 0.15) is 271 Å². The van der Waals surface area contributed by atoms with Crippen molar-refractivity contribution >= 4 is 13.7 Å². The SMILES string of the molecule is CC/C=C\C/C=C\C/C=C\C/C=C\C/C=C\C/C=C\CCCCCCCCCCCCCCCCCCCCCCC(=O)NC(COP(=O)(O)OCC[N+](C)(C)C)C(O)/C=C/CC/C=C/CCCCCCCCCCC. The number of phosphoric acid groups is 1. The maximum absolute atomic E-state index is 13.0. The van der Waals surface area contributed by atoms with Crippen LogP contribution in [0.2, 0.25) is 0 Å². The van der Waals surface area contributed by atoms with Crippen LogP contribution in [0.5, 0.6) is 0 Å². The van der Waals surface area contributed by atoms with E-state index in [4.69, 9.17) is 9.05 Å². The molecule has 0 bridgehead atoms. The number of allylic oxidation sites excluding steroid dienone is 15. The molecular weight excluding hydrogens is 960 g/mol. The molecule has 8 nitrogen and oxygen atoms in total. The maximum atomic E-state index is 13.0. The maximum Gasteiger partial charge on any atom is 0.472 e. The quantitative estimate of drug-likeness (QED) is 0.0243. The van der Waals surface area contributed by atoms with Gasteiger partial charge >= 0.3 is 7.82 Å². The van der Waals surface area contributed by atoms with Gasteiger partial charge in [-0.3, -0.25) is 13.8 Å². The number of quaternary nitrogens is 1. The summed E-state index contributed by atoms with van der Waals surface area (Å²) in [5.74, 6) is -0.186. The first-order valence-electron chi connectivity index (χ1n) is 31.6. The standard InChI is InChI=1S/C67H121N2O6P/c1-6-8-10-12-14-16-18-20-22-23-24-25-26-27-28-29-30-31-32-33-34-35-36-37-38-39-40-41-42-43-44-45-47-49-51-53-55-57-59-61-67(71)68-65(64-75-76(72,73)74-63-62-69(3,4)5)66(70)60-58-56-54-52-50-48-46-21-19-17-15-13-11-9-7-2/h8,10,14,16,20,22,24-25,27-28,30-31,50,52,58,60,65-66,70H,6-7,9,11-13,15,17-19,21,23,26,29,32-49,51,53-57,59,61-64H2,1-5H3,(H-,68,71,72,73)/p+1/b10-8-,16-14-,22-20-,25-24-,28-27-,31-30-,52-50+,60-58+. The molecular formula is C67H122N2O6P+. The lowest BCUT2D eigenvalue weighted by Gasteiger charge is -2.25. The highest BCUT2D eigenvalue weighted by molar-refractivity contribution is 7.47. The van der Waals surface area contributed by atoms with Crippen LogP contribution >= 0.6 is 7.82 Å². The van der Waals surface area contributed by atoms with Crippen molar-refractivity contribution in [2.75, 3.05) is 40.9 Å². The lowest BCUT2D eigenvalue weighted by molar-refractivity contribution is -0.870. The molecule has 0 fully saturated rings. The first-order chi connectivity index (χ1) is 37.0. The minimum Gasteiger partial charge on any atom is -0.387 e. The fourth-order valence-corrected chi connectivity index (χ4v) is 9.62. The summed E-state index contributed by atoms with van der Waals surface area (Å²) < 4.78 is 23.7. The highest BCUT2D eigenvalue weighted by atomic mass is 31.2. The molecule has 0 aliphatic rings. The summed E-state index contributed by atoms with van der Waals surface area (Å²) in [6.45, 7) is 4.68. The molecule has 0 heterocycles. The highest BCUT2D eigenvalue weighted by Gasteiger charge is 2.27. The summed E-state index contributed by atoms with van der Waals surface area (Å²) >= 11 is 0. The largest absolute Gasteiger partial charge is 0.472 e. The number of likely N-dealkylation sites (N-methyl/N-ethyl adjacent to an activating group) is 1. The first kappa shape index (κ1) is 73.4. The Morgan fingerprint density at radius 3 is 1.21 bits per heavy atom. The molecule has 0 aromatic rings. The molecule has 1 amide bonds. The molecule has 0 saturated carbocycles. The summed E-state index contributed by atoms with van der Waals surface area (Å²) in [4.78, 5) is 23.3. The van der Waals surface area contributed by atoms with Gasteiger partial charge in [-0.1, -0.05) is 278 Å². The average Bonchev–Trinajstić information content (AvgIpc) is 3.38. The van der Waals surface area contributed by atoms with Crippen LogP contribution in [0, 0.1) is 0 Å². The molecule has 0 saturated heterocycles. The van der Waals surface area contributed by atoms with Crippen LogP contribution in [0.3, 0.4) is 0 Å². The number of nitrogens with zero attached hydrogens (tertiary/aromatic N) is 1. The van der Waals surface area contributed by atoms with Gasteiger partial charge in [-0.05, 0) is 83.5 Å². The number of hydrogen-bond donors (Lipinski definition) is 3. The number of amides is 1. The number of phosphoric ester groups is 1. The van der Waals surface area contributed by atoms with Gasteiger partial charge in [-0.25, -0.2) is 4.57 Å². The second-order valence-electron chi connectivity index (χ2n) is 22.4. The number of carbonyl (C=O) groups excluding carboxylic acids is 1. The van der Waals surface area contributed by atoms with E-state index in [0.717, 1.165) is 77.0 Å². The Balaban J connectivity index is 3.99. The predicted octanol–water partition coefficient (Wildman–Crippen LogP) is 19.8. The number of carbonyl (C=O) groups is 1. The van der Waals surface area contributed by atoms with Crippen molar-refractivity contribution in [1.82, 2.24) is 5.32 Å². The van der Waals surface area contributed by atoms with E-state index in [1.807, 2.05) is 27.2 Å². The van der Waals surface area contributed by atoms with Gasteiger partial charge in [0, 0.05) is 6.42 Å². The Morgan fingerprint density at radius 1 is 0.461 bits per heavy atom. The number of aliphatic hydroxyl groups is 1. The Labute approximate surface area is 470 Å². The fourth-order valence-electron chi connectivity index (χ4n) is 8.89. The molecule has 0 rings (SSSR count). The van der Waals surface area contributed by atoms with E-state index in [1.165, 1.54) is 173 Å². The third-order valence-corrected chi connectivity index (χ3v) is 14.8. The minimum absolute atomic E-state index is 0.0546. The van der Waals surface area contributed by atoms with Gasteiger partial charge in [-0.2, -0.15) is 0 Å². The van der Waals surface area contributed by atoms with Gasteiger partial charge in [-0.15, -0.1) is 0 Å². The molecule has 76 heavy (non-hydrogen) atoms. The Kier molecular flexibility index (Phi) is 55.2. The lowest BCUT2D eigenvalue weighted by Crippen LogP contribution is -2.45. The second kappa shape index (κ2) is 57.1. The van der Waals surface area contributed by atoms with Crippen molar-refractivity contribution in [3.05, 3.63) is 97.2 Å². The van der Waals surface area contributed by atoms with Crippen molar-refractivity contribution in [2.24, 2.45) is 0 Å². The van der Waals surface area contributed by atoms with Gasteiger partial charge in [0.15, 0.2) is 0 Å². The molecule has 3 N–H and O–H groups in total. The molecule has 3 atom stereocenters. The normalized spacial score (nSPS) is 14.5. The van der Waals surface area contributed by atoms with E-state index in [2.05, 4.69) is 104 Å². The molecule has 0 aliphatic heterocycles. The van der Waals surface area contributed by atoms with Gasteiger partial charge in [0.25, 0.3) is 0 Å². The molecule has 3 unspecified atom stereocenters. The molecule has 9 heteroatoms. The summed E-state index contributed by atoms with van der Waals surface area (Å²) in [5.41, 5.74) is 0. The zero-order valence-corrected chi connectivity index (χ0v) is 51.1. The zero-order valence-electron chi connectivity index (χ0n) is 50.2. The number of aliphatic hydroxyl groups excluding tert-OH is 1. The van der Waals surface area contributed by atoms with Crippen molar-refractivity contribution in [3.63, 3.8) is 0 Å². The van der Waals surface area contributed by atoms with Gasteiger partial charge in [0.2, 0.25) is 5.91 Å². The number of rotatable bonds is 57. The lowest BCUT2D eigenvalue weighted by atomic mass is 10.0. The minimum atomic E-state index is -4.36. The second-order valence-corrected chi connectivity index (χ2v) is 23.8.